The van der Waals surface area contributed by atoms with Gasteiger partial charge in [0.1, 0.15) is 0 Å². The lowest BCUT2D eigenvalue weighted by molar-refractivity contribution is -0.161. The predicted molar refractivity (Wildman–Crippen MR) is 90.8 cm³/mol. The zero-order chi connectivity index (χ0) is 16.6. The minimum atomic E-state index is -1.88. The summed E-state index contributed by atoms with van der Waals surface area (Å²) in [6.45, 7) is 2.27. The number of carbonyl (C=O) groups excluding carboxylic acids is 1. The molecule has 0 amide bonds. The van der Waals surface area contributed by atoms with E-state index in [1.165, 1.54) is 0 Å². The molecule has 1 aliphatic carbocycles. The Morgan fingerprint density at radius 3 is 2.09 bits per heavy atom. The number of halogens is 2. The number of fused-ring (bicyclic) bond motifs is 3. The van der Waals surface area contributed by atoms with Crippen molar-refractivity contribution >= 4 is 29.2 Å². The third kappa shape index (κ3) is 2.63. The van der Waals surface area contributed by atoms with Gasteiger partial charge in [-0.3, -0.25) is 0 Å². The maximum absolute atomic E-state index is 12.6. The highest BCUT2D eigenvalue weighted by Gasteiger charge is 2.49. The Morgan fingerprint density at radius 2 is 1.61 bits per heavy atom. The van der Waals surface area contributed by atoms with Crippen LogP contribution in [-0.4, -0.2) is 17.7 Å². The highest BCUT2D eigenvalue weighted by atomic mass is 35.5. The summed E-state index contributed by atoms with van der Waals surface area (Å²) in [7, 11) is 0. The van der Waals surface area contributed by atoms with Gasteiger partial charge < -0.3 is 9.84 Å². The first kappa shape index (κ1) is 16.3. The number of esters is 1. The van der Waals surface area contributed by atoms with Crippen LogP contribution in [0.4, 0.5) is 0 Å². The standard InChI is InChI=1S/C18H16Cl2O3/c1-2-3-8-23-17(21)18(22)15-9-11(19)4-6-13(15)14-7-5-12(20)10-16(14)18/h4-7,9-10,22H,2-3,8H2,1H3. The zero-order valence-corrected chi connectivity index (χ0v) is 14.1. The summed E-state index contributed by atoms with van der Waals surface area (Å²) in [4.78, 5) is 12.6. The van der Waals surface area contributed by atoms with Gasteiger partial charge >= 0.3 is 5.97 Å². The van der Waals surface area contributed by atoms with E-state index < -0.39 is 11.6 Å². The molecule has 120 valence electrons. The summed E-state index contributed by atoms with van der Waals surface area (Å²) in [5, 5.41) is 12.1. The predicted octanol–water partition coefficient (Wildman–Crippen LogP) is 4.55. The molecule has 3 nitrogen and oxygen atoms in total. The van der Waals surface area contributed by atoms with E-state index in [9.17, 15) is 9.90 Å². The van der Waals surface area contributed by atoms with Crippen LogP contribution in [0, 0.1) is 0 Å². The normalized spacial score (nSPS) is 14.3. The van der Waals surface area contributed by atoms with Gasteiger partial charge in [-0.25, -0.2) is 4.79 Å². The van der Waals surface area contributed by atoms with Gasteiger partial charge in [-0.05, 0) is 41.8 Å². The number of unbranched alkanes of at least 4 members (excludes halogenated alkanes) is 1. The molecule has 5 heteroatoms. The van der Waals surface area contributed by atoms with E-state index in [1.54, 1.807) is 36.4 Å². The Labute approximate surface area is 144 Å². The van der Waals surface area contributed by atoms with Crippen molar-refractivity contribution < 1.29 is 14.6 Å². The molecule has 0 aromatic heterocycles. The Hall–Kier alpha value is -1.55. The Balaban J connectivity index is 2.14. The fourth-order valence-electron chi connectivity index (χ4n) is 2.88. The van der Waals surface area contributed by atoms with Crippen LogP contribution in [0.25, 0.3) is 11.1 Å². The molecule has 2 aromatic carbocycles. The molecular weight excluding hydrogens is 335 g/mol. The van der Waals surface area contributed by atoms with E-state index in [4.69, 9.17) is 27.9 Å². The number of hydrogen-bond donors (Lipinski definition) is 1. The van der Waals surface area contributed by atoms with Gasteiger partial charge in [-0.1, -0.05) is 48.7 Å². The smallest absolute Gasteiger partial charge is 0.347 e. The molecule has 0 unspecified atom stereocenters. The topological polar surface area (TPSA) is 46.5 Å². The van der Waals surface area contributed by atoms with Gasteiger partial charge in [0.15, 0.2) is 0 Å². The Morgan fingerprint density at radius 1 is 1.09 bits per heavy atom. The molecular formula is C18H16Cl2O3. The molecule has 0 saturated carbocycles. The fraction of sp³-hybridized carbons (Fsp3) is 0.278. The number of benzene rings is 2. The minimum Gasteiger partial charge on any atom is -0.463 e. The lowest BCUT2D eigenvalue weighted by atomic mass is 9.91. The summed E-state index contributed by atoms with van der Waals surface area (Å²) >= 11 is 12.1. The third-order valence-electron chi connectivity index (χ3n) is 4.06. The van der Waals surface area contributed by atoms with Crippen molar-refractivity contribution in [2.75, 3.05) is 6.61 Å². The highest BCUT2D eigenvalue weighted by Crippen LogP contribution is 2.49. The number of carbonyl (C=O) groups is 1. The maximum Gasteiger partial charge on any atom is 0.347 e. The first-order chi connectivity index (χ1) is 11.0. The SMILES string of the molecule is CCCCOC(=O)C1(O)c2cc(Cl)ccc2-c2ccc(Cl)cc21. The summed E-state index contributed by atoms with van der Waals surface area (Å²) in [5.74, 6) is -0.699. The molecule has 0 fully saturated rings. The van der Waals surface area contributed by atoms with Crippen LogP contribution in [0.1, 0.15) is 30.9 Å². The van der Waals surface area contributed by atoms with Crippen molar-refractivity contribution in [3.8, 4) is 11.1 Å². The van der Waals surface area contributed by atoms with E-state index in [-0.39, 0.29) is 6.61 Å². The van der Waals surface area contributed by atoms with Gasteiger partial charge in [0.25, 0.3) is 0 Å². The summed E-state index contributed by atoms with van der Waals surface area (Å²) in [6.07, 6.45) is 1.64. The number of aliphatic hydroxyl groups is 1. The maximum atomic E-state index is 12.6. The molecule has 0 heterocycles. The van der Waals surface area contributed by atoms with Crippen LogP contribution < -0.4 is 0 Å². The minimum absolute atomic E-state index is 0.267. The number of ether oxygens (including phenoxy) is 1. The van der Waals surface area contributed by atoms with E-state index in [1.807, 2.05) is 6.92 Å². The summed E-state index contributed by atoms with van der Waals surface area (Å²) in [6, 6.07) is 10.3. The molecule has 2 aromatic rings. The second kappa shape index (κ2) is 6.16. The van der Waals surface area contributed by atoms with Crippen LogP contribution in [0.2, 0.25) is 10.0 Å². The van der Waals surface area contributed by atoms with E-state index in [0.717, 1.165) is 24.0 Å². The van der Waals surface area contributed by atoms with Crippen molar-refractivity contribution in [1.82, 2.24) is 0 Å². The Bertz CT molecular complexity index is 719. The van der Waals surface area contributed by atoms with Crippen LogP contribution in [-0.2, 0) is 15.1 Å². The summed E-state index contributed by atoms with van der Waals surface area (Å²) < 4.78 is 5.29. The quantitative estimate of drug-likeness (QED) is 0.649. The van der Waals surface area contributed by atoms with Crippen molar-refractivity contribution in [3.05, 3.63) is 57.6 Å². The average molecular weight is 351 g/mol. The molecule has 0 saturated heterocycles. The monoisotopic (exact) mass is 350 g/mol. The molecule has 0 atom stereocenters. The summed E-state index contributed by atoms with van der Waals surface area (Å²) in [5.41, 5.74) is 0.508. The van der Waals surface area contributed by atoms with E-state index in [0.29, 0.717) is 21.2 Å². The largest absolute Gasteiger partial charge is 0.463 e. The van der Waals surface area contributed by atoms with Crippen molar-refractivity contribution in [2.24, 2.45) is 0 Å². The first-order valence-electron chi connectivity index (χ1n) is 7.48. The van der Waals surface area contributed by atoms with Crippen molar-refractivity contribution in [1.29, 1.82) is 0 Å². The molecule has 1 aliphatic rings. The highest BCUT2D eigenvalue weighted by molar-refractivity contribution is 6.31. The molecule has 23 heavy (non-hydrogen) atoms. The second-order valence-corrected chi connectivity index (χ2v) is 6.45. The third-order valence-corrected chi connectivity index (χ3v) is 4.53. The van der Waals surface area contributed by atoms with Gasteiger partial charge in [0.05, 0.1) is 6.61 Å². The molecule has 3 rings (SSSR count). The van der Waals surface area contributed by atoms with Gasteiger partial charge in [-0.2, -0.15) is 0 Å². The lowest BCUT2D eigenvalue weighted by Gasteiger charge is -2.23. The number of hydrogen-bond acceptors (Lipinski definition) is 3. The van der Waals surface area contributed by atoms with E-state index in [2.05, 4.69) is 0 Å². The molecule has 0 aliphatic heterocycles. The van der Waals surface area contributed by atoms with E-state index >= 15 is 0 Å². The second-order valence-electron chi connectivity index (χ2n) is 5.58. The first-order valence-corrected chi connectivity index (χ1v) is 8.24. The number of rotatable bonds is 4. The lowest BCUT2D eigenvalue weighted by Crippen LogP contribution is -2.37. The molecule has 0 spiro atoms. The average Bonchev–Trinajstić information content (AvgIpc) is 2.77. The zero-order valence-electron chi connectivity index (χ0n) is 12.6. The van der Waals surface area contributed by atoms with Crippen LogP contribution in [0.15, 0.2) is 36.4 Å². The molecule has 0 bridgehead atoms. The fourth-order valence-corrected chi connectivity index (χ4v) is 3.22. The van der Waals surface area contributed by atoms with Gasteiger partial charge in [0, 0.05) is 21.2 Å². The van der Waals surface area contributed by atoms with Gasteiger partial charge in [-0.15, -0.1) is 0 Å². The van der Waals surface area contributed by atoms with Gasteiger partial charge in [0.2, 0.25) is 5.60 Å². The molecule has 1 N–H and O–H groups in total. The van der Waals surface area contributed by atoms with Crippen LogP contribution in [0.3, 0.4) is 0 Å². The van der Waals surface area contributed by atoms with Crippen molar-refractivity contribution in [2.45, 2.75) is 25.4 Å². The molecule has 0 radical (unpaired) electrons. The van der Waals surface area contributed by atoms with Crippen LogP contribution >= 0.6 is 23.2 Å². The Kier molecular flexibility index (Phi) is 4.37. The van der Waals surface area contributed by atoms with Crippen molar-refractivity contribution in [3.63, 3.8) is 0 Å². The van der Waals surface area contributed by atoms with Crippen LogP contribution in [0.5, 0.6) is 0 Å².